The lowest BCUT2D eigenvalue weighted by atomic mass is 9.83. The van der Waals surface area contributed by atoms with Gasteiger partial charge in [0.2, 0.25) is 0 Å². The van der Waals surface area contributed by atoms with Gasteiger partial charge in [-0.3, -0.25) is 4.57 Å². The first-order valence-electron chi connectivity index (χ1n) is 17.8. The summed E-state index contributed by atoms with van der Waals surface area (Å²) in [5, 5.41) is 3.60. The largest absolute Gasteiger partial charge is 0.296 e. The first-order valence-corrected chi connectivity index (χ1v) is 13.8. The molecule has 0 fully saturated rings. The van der Waals surface area contributed by atoms with E-state index in [1.807, 2.05) is 115 Å². The van der Waals surface area contributed by atoms with Crippen molar-refractivity contribution in [3.05, 3.63) is 157 Å². The Morgan fingerprint density at radius 3 is 1.74 bits per heavy atom. The molecule has 1 heterocycles. The minimum absolute atomic E-state index is 0.0241. The van der Waals surface area contributed by atoms with Crippen molar-refractivity contribution < 1.29 is 11.0 Å². The molecule has 0 saturated carbocycles. The number of aryl methyl sites for hydroxylation is 1. The SMILES string of the molecule is [2H]c1c([2H])c([2H])c(-c2ccccc2-c2c3ccccc3c(-c3ccccc3-n3c(C([2H])([2H])[2H])nc4ccccc43)c3ccccc23)c([2H])c1[2H]. The second-order valence-electron chi connectivity index (χ2n) is 10.2. The van der Waals surface area contributed by atoms with Crippen LogP contribution >= 0.6 is 0 Å². The first-order chi connectivity index (χ1) is 24.1. The average Bonchev–Trinajstić information content (AvgIpc) is 3.53. The van der Waals surface area contributed by atoms with Gasteiger partial charge in [0.25, 0.3) is 0 Å². The fourth-order valence-corrected chi connectivity index (χ4v) is 6.16. The topological polar surface area (TPSA) is 17.8 Å². The predicted octanol–water partition coefficient (Wildman–Crippen LogP) is 10.6. The molecule has 0 unspecified atom stereocenters. The Kier molecular flexibility index (Phi) is 4.08. The predicted molar refractivity (Wildman–Crippen MR) is 177 cm³/mol. The molecule has 0 saturated heterocycles. The fourth-order valence-electron chi connectivity index (χ4n) is 6.16. The smallest absolute Gasteiger partial charge is 0.111 e. The molecule has 0 radical (unpaired) electrons. The van der Waals surface area contributed by atoms with E-state index in [9.17, 15) is 0 Å². The van der Waals surface area contributed by atoms with Crippen LogP contribution in [0.1, 0.15) is 16.8 Å². The molecule has 0 spiro atoms. The summed E-state index contributed by atoms with van der Waals surface area (Å²) in [6.45, 7) is -2.48. The minimum atomic E-state index is -2.48. The molecule has 0 aliphatic rings. The van der Waals surface area contributed by atoms with Crippen molar-refractivity contribution in [1.29, 1.82) is 0 Å². The molecule has 2 heteroatoms. The Balaban J connectivity index is 1.49. The average molecular weight is 545 g/mol. The zero-order valence-corrected chi connectivity index (χ0v) is 22.4. The summed E-state index contributed by atoms with van der Waals surface area (Å²) >= 11 is 0. The van der Waals surface area contributed by atoms with Gasteiger partial charge in [0.05, 0.1) is 23.6 Å². The molecule has 0 amide bonds. The maximum absolute atomic E-state index is 8.79. The minimum Gasteiger partial charge on any atom is -0.296 e. The monoisotopic (exact) mass is 544 g/mol. The van der Waals surface area contributed by atoms with Crippen LogP contribution in [-0.4, -0.2) is 9.55 Å². The molecule has 0 N–H and O–H groups in total. The zero-order valence-electron chi connectivity index (χ0n) is 30.4. The van der Waals surface area contributed by atoms with Gasteiger partial charge in [-0.05, 0) is 74.4 Å². The van der Waals surface area contributed by atoms with Gasteiger partial charge in [-0.25, -0.2) is 4.98 Å². The Hall–Kier alpha value is -5.47. The van der Waals surface area contributed by atoms with E-state index in [-0.39, 0.29) is 35.6 Å². The van der Waals surface area contributed by atoms with Gasteiger partial charge < -0.3 is 0 Å². The van der Waals surface area contributed by atoms with Crippen LogP contribution in [0.2, 0.25) is 0 Å². The molecule has 0 bridgehead atoms. The summed E-state index contributed by atoms with van der Waals surface area (Å²) in [4.78, 5) is 4.58. The van der Waals surface area contributed by atoms with Crippen LogP contribution in [0.3, 0.4) is 0 Å². The van der Waals surface area contributed by atoms with Crippen molar-refractivity contribution in [2.24, 2.45) is 0 Å². The first kappa shape index (κ1) is 17.4. The molecule has 0 aliphatic carbocycles. The van der Waals surface area contributed by atoms with Crippen LogP contribution in [0.4, 0.5) is 0 Å². The molecule has 198 valence electrons. The third kappa shape index (κ3) is 3.77. The molecular formula is C40H28N2. The summed E-state index contributed by atoms with van der Waals surface area (Å²) in [6.07, 6.45) is 0. The summed E-state index contributed by atoms with van der Waals surface area (Å²) in [6, 6.07) is 36.9. The number of rotatable bonds is 4. The van der Waals surface area contributed by atoms with E-state index in [0.717, 1.165) is 43.8 Å². The lowest BCUT2D eigenvalue weighted by Crippen LogP contribution is -2.00. The molecule has 2 nitrogen and oxygen atoms in total. The Morgan fingerprint density at radius 1 is 0.548 bits per heavy atom. The number of hydrogen-bond donors (Lipinski definition) is 0. The van der Waals surface area contributed by atoms with Crippen LogP contribution in [0.25, 0.3) is 71.6 Å². The van der Waals surface area contributed by atoms with E-state index >= 15 is 0 Å². The summed E-state index contributed by atoms with van der Waals surface area (Å²) in [5.41, 5.74) is 5.92. The van der Waals surface area contributed by atoms with Crippen LogP contribution in [0.15, 0.2) is 152 Å². The van der Waals surface area contributed by atoms with Crippen molar-refractivity contribution in [3.8, 4) is 39.1 Å². The summed E-state index contributed by atoms with van der Waals surface area (Å²) < 4.78 is 69.5. The van der Waals surface area contributed by atoms with Gasteiger partial charge in [-0.1, -0.05) is 133 Å². The zero-order chi connectivity index (χ0) is 34.9. The Morgan fingerprint density at radius 2 is 1.07 bits per heavy atom. The van der Waals surface area contributed by atoms with E-state index in [0.29, 0.717) is 22.3 Å². The lowest BCUT2D eigenvalue weighted by molar-refractivity contribution is 1.00. The van der Waals surface area contributed by atoms with Gasteiger partial charge in [-0.15, -0.1) is 0 Å². The molecule has 0 aliphatic heterocycles. The van der Waals surface area contributed by atoms with E-state index in [2.05, 4.69) is 4.98 Å². The second-order valence-corrected chi connectivity index (χ2v) is 10.2. The van der Waals surface area contributed by atoms with Gasteiger partial charge in [0.15, 0.2) is 0 Å². The maximum atomic E-state index is 8.79. The summed E-state index contributed by atoms with van der Waals surface area (Å²) in [5.74, 6) is -0.0241. The van der Waals surface area contributed by atoms with Crippen LogP contribution in [0.5, 0.6) is 0 Å². The van der Waals surface area contributed by atoms with Crippen molar-refractivity contribution >= 4 is 32.6 Å². The van der Waals surface area contributed by atoms with E-state index < -0.39 is 12.9 Å². The molecule has 0 atom stereocenters. The molecule has 7 aromatic carbocycles. The molecule has 8 rings (SSSR count). The fraction of sp³-hybridized carbons (Fsp3) is 0.0250. The Labute approximate surface area is 256 Å². The normalized spacial score (nSPS) is 14.5. The third-order valence-corrected chi connectivity index (χ3v) is 7.87. The number of benzene rings is 7. The maximum Gasteiger partial charge on any atom is 0.111 e. The number of para-hydroxylation sites is 3. The molecular weight excluding hydrogens is 508 g/mol. The molecule has 1 aromatic heterocycles. The van der Waals surface area contributed by atoms with Crippen molar-refractivity contribution in [2.45, 2.75) is 6.85 Å². The van der Waals surface area contributed by atoms with Crippen LogP contribution in [0, 0.1) is 6.85 Å². The molecule has 8 aromatic rings. The van der Waals surface area contributed by atoms with E-state index in [1.54, 1.807) is 10.6 Å². The standard InChI is InChI=1S/C40H28N2/c1-27-41-36-24-12-14-26-38(36)42(27)37-25-13-11-23-35(37)40-33-21-9-7-19-31(33)39(32-20-8-10-22-34(32)40)30-18-6-5-17-29(30)28-15-3-2-4-16-28/h2-26H,1H3/i1D3,2D,3D,4D,15D,16D. The Bertz CT molecular complexity index is 2570. The highest BCUT2D eigenvalue weighted by atomic mass is 15.1. The van der Waals surface area contributed by atoms with Crippen LogP contribution < -0.4 is 0 Å². The third-order valence-electron chi connectivity index (χ3n) is 7.87. The highest BCUT2D eigenvalue weighted by molar-refractivity contribution is 6.23. The van der Waals surface area contributed by atoms with Gasteiger partial charge >= 0.3 is 0 Å². The van der Waals surface area contributed by atoms with Crippen LogP contribution in [-0.2, 0) is 0 Å². The van der Waals surface area contributed by atoms with Crippen molar-refractivity contribution in [2.75, 3.05) is 0 Å². The highest BCUT2D eigenvalue weighted by Gasteiger charge is 2.21. The number of imidazole rings is 1. The number of nitrogens with zero attached hydrogens (tertiary/aromatic N) is 2. The second kappa shape index (κ2) is 9.87. The van der Waals surface area contributed by atoms with Gasteiger partial charge in [0, 0.05) is 9.68 Å². The number of fused-ring (bicyclic) bond motifs is 3. The highest BCUT2D eigenvalue weighted by Crippen LogP contribution is 2.47. The van der Waals surface area contributed by atoms with E-state index in [4.69, 9.17) is 11.0 Å². The van der Waals surface area contributed by atoms with Crippen molar-refractivity contribution in [3.63, 3.8) is 0 Å². The van der Waals surface area contributed by atoms with Crippen molar-refractivity contribution in [1.82, 2.24) is 9.55 Å². The van der Waals surface area contributed by atoms with Gasteiger partial charge in [0.1, 0.15) is 5.82 Å². The molecule has 42 heavy (non-hydrogen) atoms. The lowest BCUT2D eigenvalue weighted by Gasteiger charge is -2.21. The quantitative estimate of drug-likeness (QED) is 0.202. The number of hydrogen-bond acceptors (Lipinski definition) is 1. The summed E-state index contributed by atoms with van der Waals surface area (Å²) in [7, 11) is 0. The van der Waals surface area contributed by atoms with E-state index in [1.165, 1.54) is 0 Å². The number of aromatic nitrogens is 2. The van der Waals surface area contributed by atoms with Gasteiger partial charge in [-0.2, -0.15) is 0 Å².